The molecule has 9 N–H and O–H groups in total. The second-order valence-corrected chi connectivity index (χ2v) is 17.9. The summed E-state index contributed by atoms with van der Waals surface area (Å²) in [6, 6.07) is 0. The Balaban J connectivity index is 1.64. The molecule has 2 aliphatic rings. The lowest BCUT2D eigenvalue weighted by atomic mass is 9.92. The fourth-order valence-corrected chi connectivity index (χ4v) is 7.90. The number of rotatable bonds is 37. The highest BCUT2D eigenvalue weighted by Gasteiger charge is 2.43. The Morgan fingerprint density at radius 1 is 0.470 bits per heavy atom. The van der Waals surface area contributed by atoms with Crippen molar-refractivity contribution in [2.45, 2.75) is 223 Å². The number of amides is 3. The molecule has 0 aliphatic carbocycles. The SMILES string of the molecule is CCNC(=O)CCCCCCC(=O)C[C@@H](CCCCCC(=O)CCCCC(=O)NCCO[C@@H]1O[C@@H](C)[C@@H](O)[C@@H](O)[C@@H]1O)C(=O)NCCCCCC(=O)CCCO[C@@H]1O[C@@H](C)[C@@H](O)[C@@H](O)[C@@H]1O. The summed E-state index contributed by atoms with van der Waals surface area (Å²) >= 11 is 0. The van der Waals surface area contributed by atoms with Gasteiger partial charge < -0.3 is 65.5 Å². The van der Waals surface area contributed by atoms with Crippen LogP contribution in [0.4, 0.5) is 0 Å². The number of hydrogen-bond acceptors (Lipinski definition) is 16. The molecule has 0 aromatic rings. The van der Waals surface area contributed by atoms with Crippen molar-refractivity contribution in [3.63, 3.8) is 0 Å². The quantitative estimate of drug-likeness (QED) is 0.0402. The maximum atomic E-state index is 13.3. The summed E-state index contributed by atoms with van der Waals surface area (Å²) in [7, 11) is 0. The molecule has 382 valence electrons. The largest absolute Gasteiger partial charge is 0.388 e. The van der Waals surface area contributed by atoms with Crippen molar-refractivity contribution in [2.75, 3.05) is 32.8 Å². The lowest BCUT2D eigenvalue weighted by Gasteiger charge is -2.38. The van der Waals surface area contributed by atoms with Gasteiger partial charge in [0.2, 0.25) is 17.7 Å². The van der Waals surface area contributed by atoms with E-state index in [-0.39, 0.29) is 74.1 Å². The van der Waals surface area contributed by atoms with Gasteiger partial charge in [0.15, 0.2) is 12.6 Å². The summed E-state index contributed by atoms with van der Waals surface area (Å²) in [6.45, 7) is 6.35. The van der Waals surface area contributed by atoms with Crippen LogP contribution in [0.5, 0.6) is 0 Å². The van der Waals surface area contributed by atoms with E-state index in [4.69, 9.17) is 18.9 Å². The minimum Gasteiger partial charge on any atom is -0.388 e. The van der Waals surface area contributed by atoms with Crippen LogP contribution >= 0.6 is 0 Å². The van der Waals surface area contributed by atoms with Crippen LogP contribution in [0.1, 0.15) is 162 Å². The average Bonchev–Trinajstić information content (AvgIpc) is 3.28. The van der Waals surface area contributed by atoms with Crippen LogP contribution in [-0.4, -0.2) is 160 Å². The van der Waals surface area contributed by atoms with Gasteiger partial charge in [-0.25, -0.2) is 0 Å². The van der Waals surface area contributed by atoms with E-state index in [9.17, 15) is 59.4 Å². The predicted octanol–water partition coefficient (Wildman–Crippen LogP) is 1.95. The van der Waals surface area contributed by atoms with E-state index in [1.165, 1.54) is 0 Å². The number of carbonyl (C=O) groups is 6. The first kappa shape index (κ1) is 59.1. The van der Waals surface area contributed by atoms with Crippen molar-refractivity contribution in [2.24, 2.45) is 5.92 Å². The van der Waals surface area contributed by atoms with Gasteiger partial charge in [0.05, 0.1) is 25.4 Å². The van der Waals surface area contributed by atoms with E-state index in [1.54, 1.807) is 13.8 Å². The van der Waals surface area contributed by atoms with E-state index in [1.807, 2.05) is 6.92 Å². The molecular formula is C47H83N3O16. The molecular weight excluding hydrogens is 863 g/mol. The van der Waals surface area contributed by atoms with Crippen molar-refractivity contribution in [3.8, 4) is 0 Å². The van der Waals surface area contributed by atoms with E-state index in [2.05, 4.69) is 16.0 Å². The molecule has 0 unspecified atom stereocenters. The maximum Gasteiger partial charge on any atom is 0.223 e. The van der Waals surface area contributed by atoms with Crippen LogP contribution in [0.2, 0.25) is 0 Å². The molecule has 0 radical (unpaired) electrons. The molecule has 11 atom stereocenters. The predicted molar refractivity (Wildman–Crippen MR) is 241 cm³/mol. The molecule has 66 heavy (non-hydrogen) atoms. The number of Topliss-reactive ketones (excluding diaryl/α,β-unsaturated/α-hetero) is 3. The number of ether oxygens (including phenoxy) is 4. The molecule has 19 heteroatoms. The third-order valence-electron chi connectivity index (χ3n) is 12.1. The van der Waals surface area contributed by atoms with Gasteiger partial charge in [-0.1, -0.05) is 32.1 Å². The zero-order valence-corrected chi connectivity index (χ0v) is 39.7. The van der Waals surface area contributed by atoms with Gasteiger partial charge in [0.25, 0.3) is 0 Å². The fraction of sp³-hybridized carbons (Fsp3) is 0.872. The van der Waals surface area contributed by atoms with Crippen LogP contribution in [-0.2, 0) is 47.7 Å². The highest BCUT2D eigenvalue weighted by Crippen LogP contribution is 2.24. The minimum absolute atomic E-state index is 0.0270. The van der Waals surface area contributed by atoms with Gasteiger partial charge in [-0.05, 0) is 78.6 Å². The second kappa shape index (κ2) is 34.3. The lowest BCUT2D eigenvalue weighted by molar-refractivity contribution is -0.293. The van der Waals surface area contributed by atoms with Crippen LogP contribution in [0.25, 0.3) is 0 Å². The Labute approximate surface area is 390 Å². The van der Waals surface area contributed by atoms with Crippen molar-refractivity contribution in [1.29, 1.82) is 0 Å². The van der Waals surface area contributed by atoms with Crippen LogP contribution in [0.3, 0.4) is 0 Å². The molecule has 0 saturated carbocycles. The van der Waals surface area contributed by atoms with Gasteiger partial charge in [-0.2, -0.15) is 0 Å². The Hall–Kier alpha value is -2.98. The molecule has 0 aromatic heterocycles. The second-order valence-electron chi connectivity index (χ2n) is 17.9. The number of aliphatic hydroxyl groups is 6. The summed E-state index contributed by atoms with van der Waals surface area (Å²) in [5, 5.41) is 67.9. The Morgan fingerprint density at radius 3 is 1.47 bits per heavy atom. The molecule has 2 rings (SSSR count). The van der Waals surface area contributed by atoms with E-state index in [0.29, 0.717) is 103 Å². The molecule has 2 saturated heterocycles. The van der Waals surface area contributed by atoms with Crippen molar-refractivity contribution >= 4 is 35.1 Å². The highest BCUT2D eigenvalue weighted by molar-refractivity contribution is 5.86. The van der Waals surface area contributed by atoms with E-state index < -0.39 is 67.3 Å². The first-order chi connectivity index (χ1) is 31.5. The van der Waals surface area contributed by atoms with Crippen molar-refractivity contribution < 1.29 is 78.4 Å². The molecule has 0 aromatic carbocycles. The fourth-order valence-electron chi connectivity index (χ4n) is 7.90. The molecule has 2 heterocycles. The standard InChI is InChI=1S/C47H83N3O16/c1-4-48-37(54)24-13-6-5-10-22-36(53)30-33(45(62)50-26-16-8-12-20-35(52)23-17-28-63-46-43(60)41(58)39(56)31(2)65-46)18-9-7-11-19-34(51)21-14-15-25-38(55)49-27-29-64-47-44(61)42(59)40(57)32(3)66-47/h31-33,39-44,46-47,56-61H,4-30H2,1-3H3,(H,48,54)(H,49,55)(H,50,62)/t31-,32-,33+,39+,40+,41+,42+,43-,44-,46+,47+/m0/s1. The number of hydrogen-bond donors (Lipinski definition) is 9. The number of carbonyl (C=O) groups excluding carboxylic acids is 6. The normalized spacial score (nSPS) is 25.8. The maximum absolute atomic E-state index is 13.3. The van der Waals surface area contributed by atoms with Gasteiger partial charge in [0, 0.05) is 76.9 Å². The molecule has 2 aliphatic heterocycles. The number of aliphatic hydroxyl groups excluding tert-OH is 6. The number of ketones is 3. The number of unbranched alkanes of at least 4 members (excludes halogenated alkanes) is 8. The summed E-state index contributed by atoms with van der Waals surface area (Å²) in [4.78, 5) is 75.1. The van der Waals surface area contributed by atoms with Gasteiger partial charge in [0.1, 0.15) is 54.0 Å². The third-order valence-corrected chi connectivity index (χ3v) is 12.1. The van der Waals surface area contributed by atoms with Crippen LogP contribution < -0.4 is 16.0 Å². The molecule has 19 nitrogen and oxygen atoms in total. The number of nitrogens with one attached hydrogen (secondary N) is 3. The zero-order valence-electron chi connectivity index (χ0n) is 39.7. The highest BCUT2D eigenvalue weighted by atomic mass is 16.7. The summed E-state index contributed by atoms with van der Waals surface area (Å²) in [5.41, 5.74) is 0. The van der Waals surface area contributed by atoms with Gasteiger partial charge >= 0.3 is 0 Å². The first-order valence-corrected chi connectivity index (χ1v) is 24.5. The van der Waals surface area contributed by atoms with E-state index in [0.717, 1.165) is 32.1 Å². The Bertz CT molecular complexity index is 1420. The Kier molecular flexibility index (Phi) is 30.8. The third kappa shape index (κ3) is 24.3. The summed E-state index contributed by atoms with van der Waals surface area (Å²) in [6.07, 6.45) is 0.244. The van der Waals surface area contributed by atoms with Crippen LogP contribution in [0.15, 0.2) is 0 Å². The molecule has 2 fully saturated rings. The zero-order chi connectivity index (χ0) is 48.9. The minimum atomic E-state index is -1.42. The van der Waals surface area contributed by atoms with E-state index >= 15 is 0 Å². The molecule has 0 bridgehead atoms. The molecule has 3 amide bonds. The van der Waals surface area contributed by atoms with Crippen LogP contribution in [0, 0.1) is 5.92 Å². The van der Waals surface area contributed by atoms with Crippen molar-refractivity contribution in [1.82, 2.24) is 16.0 Å². The van der Waals surface area contributed by atoms with Crippen molar-refractivity contribution in [3.05, 3.63) is 0 Å². The van der Waals surface area contributed by atoms with Gasteiger partial charge in [-0.15, -0.1) is 0 Å². The Morgan fingerprint density at radius 2 is 0.909 bits per heavy atom. The average molecular weight is 946 g/mol. The first-order valence-electron chi connectivity index (χ1n) is 24.5. The smallest absolute Gasteiger partial charge is 0.223 e. The monoisotopic (exact) mass is 946 g/mol. The van der Waals surface area contributed by atoms with Gasteiger partial charge in [-0.3, -0.25) is 28.8 Å². The summed E-state index contributed by atoms with van der Waals surface area (Å²) < 4.78 is 21.7. The molecule has 0 spiro atoms. The lowest BCUT2D eigenvalue weighted by Crippen LogP contribution is -2.57. The summed E-state index contributed by atoms with van der Waals surface area (Å²) in [5.74, 6) is -0.643. The topological polar surface area (TPSA) is 297 Å².